The minimum absolute atomic E-state index is 0.163. The van der Waals surface area contributed by atoms with Gasteiger partial charge >= 0.3 is 0 Å². The molecule has 0 aromatic carbocycles. The summed E-state index contributed by atoms with van der Waals surface area (Å²) in [6, 6.07) is 3.59. The first-order chi connectivity index (χ1) is 8.46. The SMILES string of the molecule is CC(C)(N)CNC(=O)c1cnc(-c2ccco2)s1. The molecule has 2 aromatic rings. The van der Waals surface area contributed by atoms with Crippen LogP contribution in [0.3, 0.4) is 0 Å². The van der Waals surface area contributed by atoms with Gasteiger partial charge in [0.2, 0.25) is 0 Å². The zero-order valence-corrected chi connectivity index (χ0v) is 11.1. The normalized spacial score (nSPS) is 11.5. The van der Waals surface area contributed by atoms with E-state index in [4.69, 9.17) is 10.2 Å². The molecule has 0 unspecified atom stereocenters. The first-order valence-electron chi connectivity index (χ1n) is 5.52. The molecule has 0 atom stereocenters. The van der Waals surface area contributed by atoms with E-state index in [2.05, 4.69) is 10.3 Å². The van der Waals surface area contributed by atoms with Crippen molar-refractivity contribution in [3.63, 3.8) is 0 Å². The van der Waals surface area contributed by atoms with Gasteiger partial charge in [0.1, 0.15) is 4.88 Å². The van der Waals surface area contributed by atoms with Crippen LogP contribution in [0.25, 0.3) is 10.8 Å². The first kappa shape index (κ1) is 12.8. The van der Waals surface area contributed by atoms with Crippen LogP contribution in [0.2, 0.25) is 0 Å². The van der Waals surface area contributed by atoms with Crippen molar-refractivity contribution in [2.24, 2.45) is 5.73 Å². The van der Waals surface area contributed by atoms with Crippen LogP contribution in [0.1, 0.15) is 23.5 Å². The number of nitrogens with two attached hydrogens (primary N) is 1. The van der Waals surface area contributed by atoms with Crippen molar-refractivity contribution in [3.05, 3.63) is 29.5 Å². The first-order valence-corrected chi connectivity index (χ1v) is 6.34. The zero-order chi connectivity index (χ0) is 13.2. The summed E-state index contributed by atoms with van der Waals surface area (Å²) < 4.78 is 5.22. The van der Waals surface area contributed by atoms with Crippen molar-refractivity contribution >= 4 is 17.2 Å². The highest BCUT2D eigenvalue weighted by Crippen LogP contribution is 2.25. The number of furan rings is 1. The minimum atomic E-state index is -0.426. The molecule has 0 radical (unpaired) electrons. The molecule has 0 spiro atoms. The maximum atomic E-state index is 11.8. The second-order valence-electron chi connectivity index (χ2n) is 4.68. The molecule has 18 heavy (non-hydrogen) atoms. The van der Waals surface area contributed by atoms with Gasteiger partial charge < -0.3 is 15.5 Å². The van der Waals surface area contributed by atoms with Gasteiger partial charge in [-0.2, -0.15) is 0 Å². The maximum Gasteiger partial charge on any atom is 0.263 e. The number of nitrogens with zero attached hydrogens (tertiary/aromatic N) is 1. The number of carbonyl (C=O) groups is 1. The second-order valence-corrected chi connectivity index (χ2v) is 5.71. The average Bonchev–Trinajstić information content (AvgIpc) is 2.94. The van der Waals surface area contributed by atoms with E-state index in [1.807, 2.05) is 19.9 Å². The zero-order valence-electron chi connectivity index (χ0n) is 10.3. The molecule has 2 heterocycles. The van der Waals surface area contributed by atoms with Crippen LogP contribution in [0.15, 0.2) is 29.0 Å². The van der Waals surface area contributed by atoms with Crippen LogP contribution in [-0.2, 0) is 0 Å². The average molecular weight is 265 g/mol. The van der Waals surface area contributed by atoms with Crippen molar-refractivity contribution in [2.45, 2.75) is 19.4 Å². The Bertz CT molecular complexity index is 526. The van der Waals surface area contributed by atoms with Crippen molar-refractivity contribution in [1.82, 2.24) is 10.3 Å². The van der Waals surface area contributed by atoms with Gasteiger partial charge in [0.05, 0.1) is 12.5 Å². The number of hydrogen-bond acceptors (Lipinski definition) is 5. The Kier molecular flexibility index (Phi) is 3.49. The minimum Gasteiger partial charge on any atom is -0.462 e. The molecular weight excluding hydrogens is 250 g/mol. The number of aromatic nitrogens is 1. The molecular formula is C12H15N3O2S. The molecule has 0 bridgehead atoms. The molecule has 5 nitrogen and oxygen atoms in total. The smallest absolute Gasteiger partial charge is 0.263 e. The van der Waals surface area contributed by atoms with E-state index in [0.717, 1.165) is 0 Å². The van der Waals surface area contributed by atoms with E-state index in [0.29, 0.717) is 22.2 Å². The summed E-state index contributed by atoms with van der Waals surface area (Å²) in [6.45, 7) is 4.13. The predicted molar refractivity (Wildman–Crippen MR) is 70.4 cm³/mol. The summed E-state index contributed by atoms with van der Waals surface area (Å²) in [7, 11) is 0. The lowest BCUT2D eigenvalue weighted by Gasteiger charge is -2.18. The number of thiazole rings is 1. The molecule has 0 saturated heterocycles. The topological polar surface area (TPSA) is 81.1 Å². The van der Waals surface area contributed by atoms with Crippen molar-refractivity contribution < 1.29 is 9.21 Å². The predicted octanol–water partition coefficient (Wildman–Crippen LogP) is 1.87. The summed E-state index contributed by atoms with van der Waals surface area (Å²) in [5, 5.41) is 3.47. The van der Waals surface area contributed by atoms with Gasteiger partial charge in [0.25, 0.3) is 5.91 Å². The van der Waals surface area contributed by atoms with Gasteiger partial charge in [0.15, 0.2) is 10.8 Å². The highest BCUT2D eigenvalue weighted by Gasteiger charge is 2.16. The van der Waals surface area contributed by atoms with Gasteiger partial charge in [-0.1, -0.05) is 0 Å². The molecule has 0 saturated carbocycles. The van der Waals surface area contributed by atoms with E-state index in [9.17, 15) is 4.79 Å². The standard InChI is InChI=1S/C12H15N3O2S/c1-12(2,13)7-15-10(16)9-6-14-11(18-9)8-4-3-5-17-8/h3-6H,7,13H2,1-2H3,(H,15,16). The fourth-order valence-corrected chi connectivity index (χ4v) is 2.09. The van der Waals surface area contributed by atoms with Gasteiger partial charge in [0, 0.05) is 12.1 Å². The summed E-state index contributed by atoms with van der Waals surface area (Å²) in [5.41, 5.74) is 5.38. The molecule has 0 aliphatic carbocycles. The summed E-state index contributed by atoms with van der Waals surface area (Å²) >= 11 is 1.29. The third-order valence-electron chi connectivity index (χ3n) is 2.17. The van der Waals surface area contributed by atoms with E-state index >= 15 is 0 Å². The third-order valence-corrected chi connectivity index (χ3v) is 3.18. The monoisotopic (exact) mass is 265 g/mol. The van der Waals surface area contributed by atoms with Crippen LogP contribution in [-0.4, -0.2) is 23.0 Å². The fourth-order valence-electron chi connectivity index (χ4n) is 1.29. The Labute approximate surface area is 109 Å². The Morgan fingerprint density at radius 3 is 3.00 bits per heavy atom. The Morgan fingerprint density at radius 2 is 2.39 bits per heavy atom. The third kappa shape index (κ3) is 3.18. The highest BCUT2D eigenvalue weighted by molar-refractivity contribution is 7.16. The fraction of sp³-hybridized carbons (Fsp3) is 0.333. The lowest BCUT2D eigenvalue weighted by atomic mass is 10.1. The quantitative estimate of drug-likeness (QED) is 0.884. The summed E-state index contributed by atoms with van der Waals surface area (Å²) in [5.74, 6) is 0.502. The van der Waals surface area contributed by atoms with Gasteiger partial charge in [-0.05, 0) is 26.0 Å². The molecule has 1 amide bonds. The molecule has 3 N–H and O–H groups in total. The van der Waals surface area contributed by atoms with Gasteiger partial charge in [-0.15, -0.1) is 11.3 Å². The molecule has 6 heteroatoms. The van der Waals surface area contributed by atoms with Crippen LogP contribution in [0.5, 0.6) is 0 Å². The van der Waals surface area contributed by atoms with Crippen molar-refractivity contribution in [2.75, 3.05) is 6.54 Å². The Morgan fingerprint density at radius 1 is 1.61 bits per heavy atom. The number of hydrogen-bond donors (Lipinski definition) is 2. The molecule has 0 aliphatic heterocycles. The maximum absolute atomic E-state index is 11.8. The van der Waals surface area contributed by atoms with Gasteiger partial charge in [-0.25, -0.2) is 4.98 Å². The Hall–Kier alpha value is -1.66. The van der Waals surface area contributed by atoms with Crippen LogP contribution >= 0.6 is 11.3 Å². The van der Waals surface area contributed by atoms with E-state index in [1.54, 1.807) is 18.5 Å². The largest absolute Gasteiger partial charge is 0.462 e. The summed E-state index contributed by atoms with van der Waals surface area (Å²) in [4.78, 5) is 16.6. The lowest BCUT2D eigenvalue weighted by molar-refractivity contribution is 0.0950. The molecule has 0 fully saturated rings. The van der Waals surface area contributed by atoms with Crippen LogP contribution < -0.4 is 11.1 Å². The van der Waals surface area contributed by atoms with E-state index < -0.39 is 5.54 Å². The lowest BCUT2D eigenvalue weighted by Crippen LogP contribution is -2.44. The van der Waals surface area contributed by atoms with Crippen molar-refractivity contribution in [1.29, 1.82) is 0 Å². The van der Waals surface area contributed by atoms with E-state index in [1.165, 1.54) is 11.3 Å². The molecule has 2 rings (SSSR count). The number of nitrogens with one attached hydrogen (secondary N) is 1. The second kappa shape index (κ2) is 4.91. The highest BCUT2D eigenvalue weighted by atomic mass is 32.1. The number of carbonyl (C=O) groups excluding carboxylic acids is 1. The number of amides is 1. The van der Waals surface area contributed by atoms with E-state index in [-0.39, 0.29) is 5.91 Å². The van der Waals surface area contributed by atoms with Crippen LogP contribution in [0, 0.1) is 0 Å². The van der Waals surface area contributed by atoms with Gasteiger partial charge in [-0.3, -0.25) is 4.79 Å². The molecule has 2 aromatic heterocycles. The summed E-state index contributed by atoms with van der Waals surface area (Å²) in [6.07, 6.45) is 3.12. The molecule has 0 aliphatic rings. The number of rotatable bonds is 4. The Balaban J connectivity index is 2.04. The molecule has 96 valence electrons. The van der Waals surface area contributed by atoms with Crippen LogP contribution in [0.4, 0.5) is 0 Å². The van der Waals surface area contributed by atoms with Crippen molar-refractivity contribution in [3.8, 4) is 10.8 Å².